The highest BCUT2D eigenvalue weighted by molar-refractivity contribution is 5.25. The summed E-state index contributed by atoms with van der Waals surface area (Å²) in [5, 5.41) is 15.7. The molecule has 0 bridgehead atoms. The quantitative estimate of drug-likeness (QED) is 0.917. The van der Waals surface area contributed by atoms with E-state index in [2.05, 4.69) is 35.2 Å². The molecule has 4 rings (SSSR count). The predicted molar refractivity (Wildman–Crippen MR) is 97.0 cm³/mol. The molecule has 0 unspecified atom stereocenters. The zero-order valence-electron chi connectivity index (χ0n) is 15.0. The maximum Gasteiger partial charge on any atom is 0.150 e. The molecular weight excluding hydrogens is 312 g/mol. The maximum absolute atomic E-state index is 11.6. The van der Waals surface area contributed by atoms with Crippen LogP contribution in [0.5, 0.6) is 0 Å². The van der Waals surface area contributed by atoms with E-state index in [0.29, 0.717) is 12.0 Å². The van der Waals surface area contributed by atoms with Crippen molar-refractivity contribution in [1.82, 2.24) is 10.1 Å². The molecule has 0 radical (unpaired) electrons. The van der Waals surface area contributed by atoms with Crippen LogP contribution in [-0.4, -0.2) is 27.7 Å². The summed E-state index contributed by atoms with van der Waals surface area (Å²) in [6.07, 6.45) is 6.42. The number of aliphatic hydroxyl groups is 1. The number of likely N-dealkylation sites (tertiary alicyclic amines) is 1. The van der Waals surface area contributed by atoms with Crippen molar-refractivity contribution in [1.29, 1.82) is 0 Å². The molecule has 1 aromatic carbocycles. The Labute approximate surface area is 149 Å². The fourth-order valence-corrected chi connectivity index (χ4v) is 4.85. The van der Waals surface area contributed by atoms with Gasteiger partial charge < -0.3 is 9.63 Å². The second kappa shape index (κ2) is 6.93. The first kappa shape index (κ1) is 16.8. The van der Waals surface area contributed by atoms with Gasteiger partial charge in [-0.3, -0.25) is 4.90 Å². The zero-order valence-corrected chi connectivity index (χ0v) is 15.0. The lowest BCUT2D eigenvalue weighted by atomic mass is 9.66. The minimum absolute atomic E-state index is 0.297. The van der Waals surface area contributed by atoms with Crippen LogP contribution < -0.4 is 0 Å². The monoisotopic (exact) mass is 340 g/mol. The first-order chi connectivity index (χ1) is 12.2. The summed E-state index contributed by atoms with van der Waals surface area (Å²) in [4.78, 5) is 2.52. The van der Waals surface area contributed by atoms with Gasteiger partial charge in [0.2, 0.25) is 0 Å². The van der Waals surface area contributed by atoms with Crippen LogP contribution in [0.3, 0.4) is 0 Å². The Balaban J connectivity index is 1.57. The minimum Gasteiger partial charge on any atom is -0.385 e. The lowest BCUT2D eigenvalue weighted by molar-refractivity contribution is -0.124. The summed E-state index contributed by atoms with van der Waals surface area (Å²) in [5.41, 5.74) is 1.41. The third-order valence-corrected chi connectivity index (χ3v) is 6.19. The standard InChI is InChI=1S/C21H28N2O2/c1-2-17-14-18(25-22-17)15-23-13-12-21(24,16-8-4-3-5-9-16)19-10-6-7-11-20(19)23/h3-5,8-9,14,19-20,24H,2,6-7,10-13,15H2,1H3/t19-,20-,21+/m0/s1. The highest BCUT2D eigenvalue weighted by atomic mass is 16.5. The average molecular weight is 340 g/mol. The van der Waals surface area contributed by atoms with Crippen LogP contribution in [0.4, 0.5) is 0 Å². The molecular formula is C21H28N2O2. The van der Waals surface area contributed by atoms with Crippen molar-refractivity contribution < 1.29 is 9.63 Å². The topological polar surface area (TPSA) is 49.5 Å². The molecule has 2 aromatic rings. The molecule has 1 aliphatic heterocycles. The molecule has 1 aliphatic carbocycles. The predicted octanol–water partition coefficient (Wildman–Crippen LogP) is 3.89. The zero-order chi connectivity index (χ0) is 17.3. The number of nitrogens with zero attached hydrogens (tertiary/aromatic N) is 2. The van der Waals surface area contributed by atoms with Crippen molar-refractivity contribution >= 4 is 0 Å². The fourth-order valence-electron chi connectivity index (χ4n) is 4.85. The largest absolute Gasteiger partial charge is 0.385 e. The highest BCUT2D eigenvalue weighted by Gasteiger charge is 2.49. The first-order valence-corrected chi connectivity index (χ1v) is 9.67. The summed E-state index contributed by atoms with van der Waals surface area (Å²) in [6.45, 7) is 3.80. The van der Waals surface area contributed by atoms with Crippen LogP contribution in [0.15, 0.2) is 40.9 Å². The lowest BCUT2D eigenvalue weighted by Crippen LogP contribution is -2.57. The number of benzene rings is 1. The summed E-state index contributed by atoms with van der Waals surface area (Å²) in [7, 11) is 0. The molecule has 0 spiro atoms. The SMILES string of the molecule is CCc1cc(CN2CC[C@@](O)(c3ccccc3)[C@H]3CCCC[C@@H]32)on1. The van der Waals surface area contributed by atoms with Gasteiger partial charge in [-0.15, -0.1) is 0 Å². The third-order valence-electron chi connectivity index (χ3n) is 6.19. The van der Waals surface area contributed by atoms with Crippen LogP contribution in [-0.2, 0) is 18.6 Å². The van der Waals surface area contributed by atoms with Gasteiger partial charge in [0.1, 0.15) is 0 Å². The van der Waals surface area contributed by atoms with Gasteiger partial charge in [0.15, 0.2) is 5.76 Å². The molecule has 4 nitrogen and oxygen atoms in total. The molecule has 25 heavy (non-hydrogen) atoms. The van der Waals surface area contributed by atoms with Crippen molar-refractivity contribution in [2.45, 2.75) is 63.6 Å². The van der Waals surface area contributed by atoms with Crippen LogP contribution in [0.1, 0.15) is 56.0 Å². The van der Waals surface area contributed by atoms with E-state index in [9.17, 15) is 5.11 Å². The Hall–Kier alpha value is -1.65. The molecule has 134 valence electrons. The first-order valence-electron chi connectivity index (χ1n) is 9.67. The number of hydrogen-bond donors (Lipinski definition) is 1. The van der Waals surface area contributed by atoms with Gasteiger partial charge in [-0.2, -0.15) is 0 Å². The molecule has 0 amide bonds. The average Bonchev–Trinajstić information content (AvgIpc) is 3.13. The van der Waals surface area contributed by atoms with E-state index in [1.807, 2.05) is 18.2 Å². The van der Waals surface area contributed by atoms with Crippen LogP contribution in [0.2, 0.25) is 0 Å². The number of rotatable bonds is 4. The molecule has 1 aromatic heterocycles. The number of aromatic nitrogens is 1. The third kappa shape index (κ3) is 3.13. The second-order valence-corrected chi connectivity index (χ2v) is 7.61. The smallest absolute Gasteiger partial charge is 0.150 e. The van der Waals surface area contributed by atoms with E-state index in [0.717, 1.165) is 55.8 Å². The molecule has 2 aliphatic rings. The van der Waals surface area contributed by atoms with E-state index in [1.165, 1.54) is 12.8 Å². The van der Waals surface area contributed by atoms with Gasteiger partial charge in [0.05, 0.1) is 17.8 Å². The van der Waals surface area contributed by atoms with E-state index in [1.54, 1.807) is 0 Å². The Morgan fingerprint density at radius 2 is 2.04 bits per heavy atom. The van der Waals surface area contributed by atoms with Crippen molar-refractivity contribution in [2.75, 3.05) is 6.54 Å². The summed E-state index contributed by atoms with van der Waals surface area (Å²) in [5.74, 6) is 1.25. The van der Waals surface area contributed by atoms with Crippen LogP contribution in [0.25, 0.3) is 0 Å². The van der Waals surface area contributed by atoms with Gasteiger partial charge in [-0.25, -0.2) is 0 Å². The summed E-state index contributed by atoms with van der Waals surface area (Å²) >= 11 is 0. The number of piperidine rings is 1. The summed E-state index contributed by atoms with van der Waals surface area (Å²) in [6, 6.07) is 12.8. The van der Waals surface area contributed by atoms with E-state index >= 15 is 0 Å². The maximum atomic E-state index is 11.6. The molecule has 1 saturated heterocycles. The van der Waals surface area contributed by atoms with Gasteiger partial charge in [-0.05, 0) is 31.2 Å². The fraction of sp³-hybridized carbons (Fsp3) is 0.571. The molecule has 2 fully saturated rings. The highest BCUT2D eigenvalue weighted by Crippen LogP contribution is 2.47. The van der Waals surface area contributed by atoms with Crippen LogP contribution >= 0.6 is 0 Å². The minimum atomic E-state index is -0.696. The van der Waals surface area contributed by atoms with E-state index in [-0.39, 0.29) is 0 Å². The molecule has 1 saturated carbocycles. The van der Waals surface area contributed by atoms with Crippen molar-refractivity contribution in [3.8, 4) is 0 Å². The van der Waals surface area contributed by atoms with Gasteiger partial charge >= 0.3 is 0 Å². The molecule has 4 heteroatoms. The van der Waals surface area contributed by atoms with Crippen LogP contribution in [0, 0.1) is 5.92 Å². The summed E-state index contributed by atoms with van der Waals surface area (Å²) < 4.78 is 5.52. The van der Waals surface area contributed by atoms with Crippen molar-refractivity contribution in [3.63, 3.8) is 0 Å². The Morgan fingerprint density at radius 3 is 2.80 bits per heavy atom. The number of hydrogen-bond acceptors (Lipinski definition) is 4. The molecule has 1 N–H and O–H groups in total. The van der Waals surface area contributed by atoms with Gasteiger partial charge in [0, 0.05) is 24.6 Å². The lowest BCUT2D eigenvalue weighted by Gasteiger charge is -2.52. The molecule has 3 atom stereocenters. The van der Waals surface area contributed by atoms with E-state index < -0.39 is 5.60 Å². The number of fused-ring (bicyclic) bond motifs is 1. The Kier molecular flexibility index (Phi) is 4.65. The Bertz CT molecular complexity index is 699. The normalized spacial score (nSPS) is 30.2. The van der Waals surface area contributed by atoms with Crippen molar-refractivity contribution in [3.05, 3.63) is 53.4 Å². The number of aryl methyl sites for hydroxylation is 1. The van der Waals surface area contributed by atoms with Crippen molar-refractivity contribution in [2.24, 2.45) is 5.92 Å². The Morgan fingerprint density at radius 1 is 1.24 bits per heavy atom. The second-order valence-electron chi connectivity index (χ2n) is 7.61. The molecule has 2 heterocycles. The van der Waals surface area contributed by atoms with Gasteiger partial charge in [-0.1, -0.05) is 55.3 Å². The van der Waals surface area contributed by atoms with E-state index in [4.69, 9.17) is 4.52 Å². The van der Waals surface area contributed by atoms with Gasteiger partial charge in [0.25, 0.3) is 0 Å².